The fourth-order valence-corrected chi connectivity index (χ4v) is 3.81. The molecule has 1 fully saturated rings. The van der Waals surface area contributed by atoms with Crippen LogP contribution in [-0.4, -0.2) is 27.4 Å². The van der Waals surface area contributed by atoms with Crippen LogP contribution >= 0.6 is 0 Å². The summed E-state index contributed by atoms with van der Waals surface area (Å²) in [4.78, 5) is 23.0. The van der Waals surface area contributed by atoms with Crippen molar-refractivity contribution < 1.29 is 4.79 Å². The first-order valence-electron chi connectivity index (χ1n) is 9.81. The van der Waals surface area contributed by atoms with Gasteiger partial charge in [0, 0.05) is 23.5 Å². The highest BCUT2D eigenvalue weighted by atomic mass is 16.2. The molecule has 1 aliphatic rings. The summed E-state index contributed by atoms with van der Waals surface area (Å²) in [5.74, 6) is 0.832. The minimum atomic E-state index is -0.129. The standard InChI is InChI=1S/C23H23N5O/c1-16-21(18-6-3-2-4-7-18)27-22(25-16)20-8-5-15-28(20)23(29)26-19-11-9-17(10-12-19)13-14-24/h2-4,6-7,9-12,20H,5,8,13,15H2,1H3,(H,25,27)(H,26,29). The summed E-state index contributed by atoms with van der Waals surface area (Å²) in [5, 5.41) is 11.7. The van der Waals surface area contributed by atoms with Gasteiger partial charge in [-0.1, -0.05) is 42.5 Å². The molecule has 6 heteroatoms. The van der Waals surface area contributed by atoms with E-state index >= 15 is 0 Å². The van der Waals surface area contributed by atoms with E-state index in [1.807, 2.05) is 66.4 Å². The molecule has 1 aliphatic heterocycles. The topological polar surface area (TPSA) is 84.8 Å². The number of aromatic nitrogens is 2. The smallest absolute Gasteiger partial charge is 0.322 e. The van der Waals surface area contributed by atoms with Gasteiger partial charge in [-0.2, -0.15) is 5.26 Å². The zero-order valence-corrected chi connectivity index (χ0v) is 16.4. The Bertz CT molecular complexity index is 1030. The molecular formula is C23H23N5O. The Kier molecular flexibility index (Phi) is 5.30. The van der Waals surface area contributed by atoms with Crippen LogP contribution in [0.2, 0.25) is 0 Å². The second-order valence-electron chi connectivity index (χ2n) is 7.28. The highest BCUT2D eigenvalue weighted by Gasteiger charge is 2.32. The average Bonchev–Trinajstić information content (AvgIpc) is 3.37. The lowest BCUT2D eigenvalue weighted by molar-refractivity contribution is 0.205. The van der Waals surface area contributed by atoms with Crippen LogP contribution in [-0.2, 0) is 6.42 Å². The minimum Gasteiger partial charge on any atom is -0.344 e. The number of rotatable bonds is 4. The van der Waals surface area contributed by atoms with Crippen LogP contribution in [0.4, 0.5) is 10.5 Å². The normalized spacial score (nSPS) is 15.9. The maximum Gasteiger partial charge on any atom is 0.322 e. The van der Waals surface area contributed by atoms with Crippen LogP contribution in [0.15, 0.2) is 54.6 Å². The van der Waals surface area contributed by atoms with E-state index < -0.39 is 0 Å². The Morgan fingerprint density at radius 1 is 1.24 bits per heavy atom. The summed E-state index contributed by atoms with van der Waals surface area (Å²) >= 11 is 0. The van der Waals surface area contributed by atoms with Gasteiger partial charge in [0.25, 0.3) is 0 Å². The second-order valence-corrected chi connectivity index (χ2v) is 7.28. The largest absolute Gasteiger partial charge is 0.344 e. The number of H-pyrrole nitrogens is 1. The molecule has 1 atom stereocenters. The maximum atomic E-state index is 12.9. The van der Waals surface area contributed by atoms with Crippen molar-refractivity contribution in [2.24, 2.45) is 0 Å². The molecule has 2 amide bonds. The summed E-state index contributed by atoms with van der Waals surface area (Å²) in [7, 11) is 0. The Morgan fingerprint density at radius 3 is 2.72 bits per heavy atom. The molecule has 0 spiro atoms. The SMILES string of the molecule is Cc1[nH]c(C2CCCN2C(=O)Nc2ccc(CC#N)cc2)nc1-c1ccccc1. The van der Waals surface area contributed by atoms with Gasteiger partial charge in [-0.05, 0) is 37.5 Å². The average molecular weight is 385 g/mol. The molecule has 29 heavy (non-hydrogen) atoms. The molecule has 0 bridgehead atoms. The first kappa shape index (κ1) is 18.8. The molecule has 2 heterocycles. The number of nitriles is 1. The lowest BCUT2D eigenvalue weighted by atomic mass is 10.1. The lowest BCUT2D eigenvalue weighted by Crippen LogP contribution is -2.34. The molecular weight excluding hydrogens is 362 g/mol. The van der Waals surface area contributed by atoms with Gasteiger partial charge in [0.2, 0.25) is 0 Å². The molecule has 0 saturated carbocycles. The molecule has 1 unspecified atom stereocenters. The molecule has 0 aliphatic carbocycles. The van der Waals surface area contributed by atoms with E-state index in [-0.39, 0.29) is 12.1 Å². The van der Waals surface area contributed by atoms with Gasteiger partial charge in [0.05, 0.1) is 24.2 Å². The highest BCUT2D eigenvalue weighted by molar-refractivity contribution is 5.89. The molecule has 4 rings (SSSR count). The Balaban J connectivity index is 1.50. The first-order chi connectivity index (χ1) is 14.2. The molecule has 2 N–H and O–H groups in total. The number of nitrogens with one attached hydrogen (secondary N) is 2. The molecule has 6 nitrogen and oxygen atoms in total. The highest BCUT2D eigenvalue weighted by Crippen LogP contribution is 2.33. The summed E-state index contributed by atoms with van der Waals surface area (Å²) in [6.45, 7) is 2.71. The van der Waals surface area contributed by atoms with E-state index in [1.165, 1.54) is 0 Å². The van der Waals surface area contributed by atoms with Crippen LogP contribution in [0.5, 0.6) is 0 Å². The number of nitrogens with zero attached hydrogens (tertiary/aromatic N) is 3. The fraction of sp³-hybridized carbons (Fsp3) is 0.261. The maximum absolute atomic E-state index is 12.9. The monoisotopic (exact) mass is 385 g/mol. The number of likely N-dealkylation sites (tertiary alicyclic amines) is 1. The molecule has 1 aromatic heterocycles. The number of aromatic amines is 1. The number of hydrogen-bond acceptors (Lipinski definition) is 3. The predicted molar refractivity (Wildman–Crippen MR) is 112 cm³/mol. The molecule has 146 valence electrons. The van der Waals surface area contributed by atoms with Crippen LogP contribution in [0.3, 0.4) is 0 Å². The van der Waals surface area contributed by atoms with E-state index in [4.69, 9.17) is 10.2 Å². The van der Waals surface area contributed by atoms with E-state index in [9.17, 15) is 4.79 Å². The third-order valence-electron chi connectivity index (χ3n) is 5.27. The molecule has 3 aromatic rings. The van der Waals surface area contributed by atoms with Crippen LogP contribution in [0.25, 0.3) is 11.3 Å². The van der Waals surface area contributed by atoms with Gasteiger partial charge in [0.15, 0.2) is 0 Å². The molecule has 0 radical (unpaired) electrons. The van der Waals surface area contributed by atoms with Gasteiger partial charge in [-0.25, -0.2) is 9.78 Å². The minimum absolute atomic E-state index is 0.0657. The summed E-state index contributed by atoms with van der Waals surface area (Å²) in [5.41, 5.74) is 4.67. The third kappa shape index (κ3) is 3.99. The van der Waals surface area contributed by atoms with Crippen molar-refractivity contribution in [1.29, 1.82) is 5.26 Å². The summed E-state index contributed by atoms with van der Waals surface area (Å²) < 4.78 is 0. The van der Waals surface area contributed by atoms with Crippen LogP contribution < -0.4 is 5.32 Å². The van der Waals surface area contributed by atoms with Crippen molar-refractivity contribution in [3.63, 3.8) is 0 Å². The zero-order valence-electron chi connectivity index (χ0n) is 16.4. The van der Waals surface area contributed by atoms with Crippen LogP contribution in [0, 0.1) is 18.3 Å². The van der Waals surface area contributed by atoms with E-state index in [1.54, 1.807) is 0 Å². The number of benzene rings is 2. The Labute approximate surface area is 170 Å². The number of urea groups is 1. The van der Waals surface area contributed by atoms with Crippen molar-refractivity contribution in [3.05, 3.63) is 71.7 Å². The number of carbonyl (C=O) groups excluding carboxylic acids is 1. The van der Waals surface area contributed by atoms with E-state index in [0.29, 0.717) is 13.0 Å². The Hall–Kier alpha value is -3.59. The van der Waals surface area contributed by atoms with Gasteiger partial charge in [-0.3, -0.25) is 0 Å². The lowest BCUT2D eigenvalue weighted by Gasteiger charge is -2.23. The van der Waals surface area contributed by atoms with Crippen molar-refractivity contribution in [2.45, 2.75) is 32.2 Å². The van der Waals surface area contributed by atoms with Gasteiger partial charge >= 0.3 is 6.03 Å². The van der Waals surface area contributed by atoms with Crippen LogP contribution in [0.1, 0.15) is 36.0 Å². The second kappa shape index (κ2) is 8.19. The predicted octanol–water partition coefficient (Wildman–Crippen LogP) is 4.82. The van der Waals surface area contributed by atoms with Gasteiger partial charge < -0.3 is 15.2 Å². The third-order valence-corrected chi connectivity index (χ3v) is 5.27. The van der Waals surface area contributed by atoms with Crippen molar-refractivity contribution in [2.75, 3.05) is 11.9 Å². The zero-order chi connectivity index (χ0) is 20.2. The van der Waals surface area contributed by atoms with E-state index in [2.05, 4.69) is 16.4 Å². The van der Waals surface area contributed by atoms with Crippen molar-refractivity contribution in [3.8, 4) is 17.3 Å². The number of carbonyl (C=O) groups is 1. The van der Waals surface area contributed by atoms with E-state index in [0.717, 1.165) is 46.9 Å². The van der Waals surface area contributed by atoms with Crippen molar-refractivity contribution in [1.82, 2.24) is 14.9 Å². The Morgan fingerprint density at radius 2 is 2.00 bits per heavy atom. The number of aryl methyl sites for hydroxylation is 1. The number of hydrogen-bond donors (Lipinski definition) is 2. The molecule has 1 saturated heterocycles. The quantitative estimate of drug-likeness (QED) is 0.675. The number of anilines is 1. The summed E-state index contributed by atoms with van der Waals surface area (Å²) in [6, 6.07) is 19.4. The van der Waals surface area contributed by atoms with Gasteiger partial charge in [0.1, 0.15) is 5.82 Å². The summed E-state index contributed by atoms with van der Waals surface area (Å²) in [6.07, 6.45) is 2.19. The number of imidazole rings is 1. The molecule has 2 aromatic carbocycles. The fourth-order valence-electron chi connectivity index (χ4n) is 3.81. The van der Waals surface area contributed by atoms with Crippen molar-refractivity contribution >= 4 is 11.7 Å². The number of amides is 2. The first-order valence-corrected chi connectivity index (χ1v) is 9.81. The van der Waals surface area contributed by atoms with Gasteiger partial charge in [-0.15, -0.1) is 0 Å².